The zero-order valence-corrected chi connectivity index (χ0v) is 12.5. The van der Waals surface area contributed by atoms with Crippen LogP contribution < -0.4 is 0 Å². The summed E-state index contributed by atoms with van der Waals surface area (Å²) in [5.74, 6) is 0.302. The van der Waals surface area contributed by atoms with Crippen LogP contribution in [0.4, 0.5) is 0 Å². The lowest BCUT2D eigenvalue weighted by molar-refractivity contribution is 0.177. The van der Waals surface area contributed by atoms with E-state index in [1.807, 2.05) is 0 Å². The minimum atomic E-state index is -3.38. The van der Waals surface area contributed by atoms with Gasteiger partial charge in [0, 0.05) is 39.2 Å². The maximum atomic E-state index is 12.5. The Labute approximate surface area is 115 Å². The number of methoxy groups -OCH3 is 1. The Hall–Kier alpha value is 0.120. The molecule has 0 unspecified atom stereocenters. The summed E-state index contributed by atoms with van der Waals surface area (Å²) in [6, 6.07) is 0. The molecule has 1 rings (SSSR count). The molecule has 0 aliphatic carbocycles. The lowest BCUT2D eigenvalue weighted by Gasteiger charge is -2.28. The third-order valence-corrected chi connectivity index (χ3v) is 5.30. The first kappa shape index (κ1) is 16.2. The standard InChI is InChI=1S/C11H23ClN2O3S/c1-17-11-10-14(9-6-12)18(15,16)13-7-4-2-3-5-8-13/h2-11H2,1H3. The third kappa shape index (κ3) is 4.66. The van der Waals surface area contributed by atoms with Crippen molar-refractivity contribution in [2.24, 2.45) is 0 Å². The van der Waals surface area contributed by atoms with Crippen molar-refractivity contribution >= 4 is 21.8 Å². The lowest BCUT2D eigenvalue weighted by Crippen LogP contribution is -2.46. The van der Waals surface area contributed by atoms with Crippen LogP contribution >= 0.6 is 11.6 Å². The molecule has 108 valence electrons. The fourth-order valence-corrected chi connectivity index (χ4v) is 4.04. The number of alkyl halides is 1. The van der Waals surface area contributed by atoms with E-state index < -0.39 is 10.2 Å². The van der Waals surface area contributed by atoms with Crippen molar-refractivity contribution in [1.82, 2.24) is 8.61 Å². The van der Waals surface area contributed by atoms with E-state index in [0.717, 1.165) is 25.7 Å². The van der Waals surface area contributed by atoms with Gasteiger partial charge in [-0.3, -0.25) is 0 Å². The SMILES string of the molecule is COCCN(CCCl)S(=O)(=O)N1CCCCCC1. The first-order valence-electron chi connectivity index (χ1n) is 6.43. The molecule has 0 bridgehead atoms. The molecular weight excluding hydrogens is 276 g/mol. The Morgan fingerprint density at radius 3 is 2.28 bits per heavy atom. The molecule has 5 nitrogen and oxygen atoms in total. The number of hydrogen-bond acceptors (Lipinski definition) is 3. The highest BCUT2D eigenvalue weighted by Crippen LogP contribution is 2.16. The predicted molar refractivity (Wildman–Crippen MR) is 73.1 cm³/mol. The van der Waals surface area contributed by atoms with E-state index in [1.165, 1.54) is 4.31 Å². The molecule has 1 saturated heterocycles. The lowest BCUT2D eigenvalue weighted by atomic mass is 10.2. The smallest absolute Gasteiger partial charge is 0.282 e. The van der Waals surface area contributed by atoms with E-state index in [-0.39, 0.29) is 0 Å². The van der Waals surface area contributed by atoms with Crippen molar-refractivity contribution in [2.45, 2.75) is 25.7 Å². The zero-order chi connectivity index (χ0) is 13.4. The summed E-state index contributed by atoms with van der Waals surface area (Å²) < 4.78 is 32.9. The van der Waals surface area contributed by atoms with Gasteiger partial charge in [-0.2, -0.15) is 17.0 Å². The summed E-state index contributed by atoms with van der Waals surface area (Å²) in [6.07, 6.45) is 4.11. The van der Waals surface area contributed by atoms with Gasteiger partial charge in [0.1, 0.15) is 0 Å². The van der Waals surface area contributed by atoms with Crippen LogP contribution in [0, 0.1) is 0 Å². The van der Waals surface area contributed by atoms with Crippen LogP contribution in [0.3, 0.4) is 0 Å². The molecule has 0 aromatic rings. The fraction of sp³-hybridized carbons (Fsp3) is 1.00. The number of halogens is 1. The summed E-state index contributed by atoms with van der Waals surface area (Å²) in [4.78, 5) is 0. The van der Waals surface area contributed by atoms with E-state index in [4.69, 9.17) is 16.3 Å². The van der Waals surface area contributed by atoms with Gasteiger partial charge in [-0.15, -0.1) is 11.6 Å². The van der Waals surface area contributed by atoms with Crippen molar-refractivity contribution in [3.05, 3.63) is 0 Å². The molecule has 0 N–H and O–H groups in total. The minimum Gasteiger partial charge on any atom is -0.383 e. The topological polar surface area (TPSA) is 49.9 Å². The van der Waals surface area contributed by atoms with Crippen molar-refractivity contribution in [3.8, 4) is 0 Å². The maximum absolute atomic E-state index is 12.5. The number of rotatable bonds is 7. The maximum Gasteiger partial charge on any atom is 0.282 e. The quantitative estimate of drug-likeness (QED) is 0.666. The van der Waals surface area contributed by atoms with Crippen molar-refractivity contribution in [1.29, 1.82) is 0 Å². The fourth-order valence-electron chi connectivity index (χ4n) is 2.07. The van der Waals surface area contributed by atoms with Gasteiger partial charge < -0.3 is 4.74 Å². The molecule has 0 aromatic carbocycles. The van der Waals surface area contributed by atoms with Crippen molar-refractivity contribution in [2.75, 3.05) is 45.8 Å². The van der Waals surface area contributed by atoms with E-state index >= 15 is 0 Å². The van der Waals surface area contributed by atoms with Crippen LogP contribution in [0.15, 0.2) is 0 Å². The molecule has 7 heteroatoms. The Kier molecular flexibility index (Phi) is 7.48. The Morgan fingerprint density at radius 1 is 1.17 bits per heavy atom. The van der Waals surface area contributed by atoms with Gasteiger partial charge in [0.15, 0.2) is 0 Å². The molecule has 1 aliphatic rings. The summed E-state index contributed by atoms with van der Waals surface area (Å²) in [5, 5.41) is 0. The summed E-state index contributed by atoms with van der Waals surface area (Å²) in [5.41, 5.74) is 0. The molecule has 0 aromatic heterocycles. The van der Waals surface area contributed by atoms with Gasteiger partial charge in [-0.05, 0) is 12.8 Å². The molecule has 0 spiro atoms. The predicted octanol–water partition coefficient (Wildman–Crippen LogP) is 1.29. The number of hydrogen-bond donors (Lipinski definition) is 0. The Morgan fingerprint density at radius 2 is 1.78 bits per heavy atom. The molecule has 0 atom stereocenters. The highest BCUT2D eigenvalue weighted by Gasteiger charge is 2.29. The van der Waals surface area contributed by atoms with Crippen molar-refractivity contribution < 1.29 is 13.2 Å². The molecule has 0 radical (unpaired) electrons. The molecule has 0 amide bonds. The van der Waals surface area contributed by atoms with Gasteiger partial charge in [0.2, 0.25) is 0 Å². The van der Waals surface area contributed by atoms with Crippen molar-refractivity contribution in [3.63, 3.8) is 0 Å². The second-order valence-corrected chi connectivity index (χ2v) is 6.71. The van der Waals surface area contributed by atoms with E-state index in [9.17, 15) is 8.42 Å². The molecule has 1 heterocycles. The second kappa shape index (κ2) is 8.32. The average Bonchev–Trinajstić information content (AvgIpc) is 2.63. The third-order valence-electron chi connectivity index (χ3n) is 3.10. The van der Waals surface area contributed by atoms with E-state index in [0.29, 0.717) is 38.7 Å². The van der Waals surface area contributed by atoms with Crippen LogP contribution in [0.25, 0.3) is 0 Å². The van der Waals surface area contributed by atoms with Crippen LogP contribution in [0.1, 0.15) is 25.7 Å². The molecule has 0 saturated carbocycles. The number of nitrogens with zero attached hydrogens (tertiary/aromatic N) is 2. The first-order valence-corrected chi connectivity index (χ1v) is 8.36. The van der Waals surface area contributed by atoms with Gasteiger partial charge >= 0.3 is 0 Å². The van der Waals surface area contributed by atoms with Crippen LogP contribution in [0.5, 0.6) is 0 Å². The van der Waals surface area contributed by atoms with Crippen LogP contribution in [-0.2, 0) is 14.9 Å². The van der Waals surface area contributed by atoms with Gasteiger partial charge in [0.05, 0.1) is 6.61 Å². The second-order valence-electron chi connectivity index (χ2n) is 4.40. The molecule has 1 aliphatic heterocycles. The van der Waals surface area contributed by atoms with E-state index in [1.54, 1.807) is 11.4 Å². The summed E-state index contributed by atoms with van der Waals surface area (Å²) >= 11 is 5.69. The Bertz CT molecular complexity index is 316. The normalized spacial score (nSPS) is 19.1. The Balaban J connectivity index is 2.71. The van der Waals surface area contributed by atoms with Gasteiger partial charge in [-0.25, -0.2) is 0 Å². The monoisotopic (exact) mass is 298 g/mol. The summed E-state index contributed by atoms with van der Waals surface area (Å²) in [7, 11) is -1.81. The highest BCUT2D eigenvalue weighted by atomic mass is 35.5. The first-order chi connectivity index (χ1) is 8.62. The summed E-state index contributed by atoms with van der Waals surface area (Å²) in [6.45, 7) is 2.33. The average molecular weight is 299 g/mol. The van der Waals surface area contributed by atoms with Crippen LogP contribution in [-0.4, -0.2) is 62.8 Å². The van der Waals surface area contributed by atoms with E-state index in [2.05, 4.69) is 0 Å². The largest absolute Gasteiger partial charge is 0.383 e. The number of ether oxygens (including phenoxy) is 1. The van der Waals surface area contributed by atoms with Gasteiger partial charge in [0.25, 0.3) is 10.2 Å². The molecule has 18 heavy (non-hydrogen) atoms. The molecular formula is C11H23ClN2O3S. The highest BCUT2D eigenvalue weighted by molar-refractivity contribution is 7.86. The molecule has 1 fully saturated rings. The zero-order valence-electron chi connectivity index (χ0n) is 11.0. The van der Waals surface area contributed by atoms with Crippen LogP contribution in [0.2, 0.25) is 0 Å². The van der Waals surface area contributed by atoms with Gasteiger partial charge in [-0.1, -0.05) is 12.8 Å². The minimum absolute atomic E-state index is 0.302.